The summed E-state index contributed by atoms with van der Waals surface area (Å²) in [5.41, 5.74) is 5.89. The van der Waals surface area contributed by atoms with Gasteiger partial charge in [-0.15, -0.1) is 11.3 Å². The quantitative estimate of drug-likeness (QED) is 0.813. The number of rotatable bonds is 4. The second-order valence-electron chi connectivity index (χ2n) is 4.38. The molecule has 0 aromatic carbocycles. The Labute approximate surface area is 116 Å². The van der Waals surface area contributed by atoms with Gasteiger partial charge >= 0.3 is 0 Å². The van der Waals surface area contributed by atoms with Gasteiger partial charge < -0.3 is 16.0 Å². The molecule has 1 aliphatic heterocycles. The van der Waals surface area contributed by atoms with Crippen LogP contribution in [-0.4, -0.2) is 47.4 Å². The van der Waals surface area contributed by atoms with Crippen molar-refractivity contribution < 1.29 is 9.59 Å². The van der Waals surface area contributed by atoms with E-state index in [1.54, 1.807) is 10.3 Å². The lowest BCUT2D eigenvalue weighted by Crippen LogP contribution is -2.56. The van der Waals surface area contributed by atoms with Crippen LogP contribution < -0.4 is 11.1 Å². The minimum atomic E-state index is -0.388. The highest BCUT2D eigenvalue weighted by atomic mass is 32.1. The normalized spacial score (nSPS) is 19.4. The first-order chi connectivity index (χ1) is 9.17. The highest BCUT2D eigenvalue weighted by Crippen LogP contribution is 2.16. The van der Waals surface area contributed by atoms with Crippen molar-refractivity contribution in [2.75, 3.05) is 19.6 Å². The molecule has 1 atom stereocenters. The Bertz CT molecular complexity index is 474. The molecule has 0 aliphatic carbocycles. The minimum Gasteiger partial charge on any atom is -0.353 e. The molecule has 1 fully saturated rings. The highest BCUT2D eigenvalue weighted by molar-refractivity contribution is 7.09. The van der Waals surface area contributed by atoms with Crippen LogP contribution in [0.25, 0.3) is 0 Å². The lowest BCUT2D eigenvalue weighted by molar-refractivity contribution is -0.127. The Morgan fingerprint density at radius 2 is 2.47 bits per heavy atom. The summed E-state index contributed by atoms with van der Waals surface area (Å²) in [5.74, 6) is -0.249. The maximum absolute atomic E-state index is 12.4. The van der Waals surface area contributed by atoms with Gasteiger partial charge in [-0.3, -0.25) is 9.59 Å². The van der Waals surface area contributed by atoms with Crippen LogP contribution in [0.15, 0.2) is 5.38 Å². The maximum atomic E-state index is 12.4. The smallest absolute Gasteiger partial charge is 0.274 e. The second-order valence-corrected chi connectivity index (χ2v) is 5.32. The Balaban J connectivity index is 2.14. The molecule has 1 aliphatic rings. The Morgan fingerprint density at radius 3 is 3.16 bits per heavy atom. The topological polar surface area (TPSA) is 88.3 Å². The number of carbonyl (C=O) groups is 2. The van der Waals surface area contributed by atoms with Crippen molar-refractivity contribution in [1.29, 1.82) is 0 Å². The van der Waals surface area contributed by atoms with Gasteiger partial charge in [0.1, 0.15) is 11.7 Å². The van der Waals surface area contributed by atoms with Gasteiger partial charge in [0.05, 0.1) is 5.01 Å². The van der Waals surface area contributed by atoms with Crippen molar-refractivity contribution in [1.82, 2.24) is 15.2 Å². The van der Waals surface area contributed by atoms with Crippen LogP contribution in [0.4, 0.5) is 0 Å². The summed E-state index contributed by atoms with van der Waals surface area (Å²) >= 11 is 1.44. The predicted molar refractivity (Wildman–Crippen MR) is 73.0 cm³/mol. The minimum absolute atomic E-state index is 0.0838. The van der Waals surface area contributed by atoms with E-state index in [4.69, 9.17) is 5.73 Å². The number of nitrogens with two attached hydrogens (primary N) is 1. The molecule has 2 rings (SSSR count). The molecule has 7 heteroatoms. The Kier molecular flexibility index (Phi) is 4.49. The molecular formula is C12H18N4O2S. The molecule has 0 bridgehead atoms. The summed E-state index contributed by atoms with van der Waals surface area (Å²) in [6, 6.07) is -0.388. The van der Waals surface area contributed by atoms with E-state index in [1.807, 2.05) is 6.92 Å². The van der Waals surface area contributed by atoms with E-state index in [0.717, 1.165) is 5.01 Å². The molecule has 0 saturated carbocycles. The molecule has 6 nitrogen and oxygen atoms in total. The van der Waals surface area contributed by atoms with Gasteiger partial charge in [-0.2, -0.15) is 0 Å². The fourth-order valence-corrected chi connectivity index (χ4v) is 2.95. The van der Waals surface area contributed by atoms with Gasteiger partial charge in [0.2, 0.25) is 5.91 Å². The van der Waals surface area contributed by atoms with Gasteiger partial charge in [-0.25, -0.2) is 4.98 Å². The molecule has 2 heterocycles. The summed E-state index contributed by atoms with van der Waals surface area (Å²) in [6.07, 6.45) is 1.28. The number of amides is 2. The van der Waals surface area contributed by atoms with Gasteiger partial charge in [0.15, 0.2) is 0 Å². The van der Waals surface area contributed by atoms with E-state index < -0.39 is 0 Å². The Morgan fingerprint density at radius 1 is 1.68 bits per heavy atom. The summed E-state index contributed by atoms with van der Waals surface area (Å²) in [4.78, 5) is 30.0. The summed E-state index contributed by atoms with van der Waals surface area (Å²) < 4.78 is 0. The Hall–Kier alpha value is -1.47. The first-order valence-electron chi connectivity index (χ1n) is 6.40. The molecular weight excluding hydrogens is 264 g/mol. The first-order valence-corrected chi connectivity index (χ1v) is 7.28. The molecule has 1 saturated heterocycles. The average molecular weight is 282 g/mol. The van der Waals surface area contributed by atoms with E-state index >= 15 is 0 Å². The van der Waals surface area contributed by atoms with E-state index in [1.165, 1.54) is 11.3 Å². The van der Waals surface area contributed by atoms with Crippen LogP contribution in [0, 0.1) is 0 Å². The van der Waals surface area contributed by atoms with Gasteiger partial charge in [0, 0.05) is 24.9 Å². The molecule has 19 heavy (non-hydrogen) atoms. The standard InChI is InChI=1S/C12H18N4O2S/c1-2-9-11(17)14-5-6-16(9)12(18)8-7-19-10(15-8)3-4-13/h7,9H,2-6,13H2,1H3,(H,14,17)/t9-/m1/s1. The molecule has 104 valence electrons. The molecule has 2 amide bonds. The SMILES string of the molecule is CC[C@@H]1C(=O)NCCN1C(=O)c1csc(CCN)n1. The van der Waals surface area contributed by atoms with Crippen LogP contribution >= 0.6 is 11.3 Å². The zero-order chi connectivity index (χ0) is 13.8. The number of hydrogen-bond donors (Lipinski definition) is 2. The fraction of sp³-hybridized carbons (Fsp3) is 0.583. The maximum Gasteiger partial charge on any atom is 0.274 e. The largest absolute Gasteiger partial charge is 0.353 e. The third kappa shape index (κ3) is 2.93. The molecule has 0 unspecified atom stereocenters. The van der Waals surface area contributed by atoms with Crippen LogP contribution in [-0.2, 0) is 11.2 Å². The van der Waals surface area contributed by atoms with Crippen molar-refractivity contribution in [3.63, 3.8) is 0 Å². The molecule has 3 N–H and O–H groups in total. The lowest BCUT2D eigenvalue weighted by Gasteiger charge is -2.34. The van der Waals surface area contributed by atoms with Gasteiger partial charge in [-0.1, -0.05) is 6.92 Å². The van der Waals surface area contributed by atoms with Crippen LogP contribution in [0.1, 0.15) is 28.8 Å². The van der Waals surface area contributed by atoms with Gasteiger partial charge in [-0.05, 0) is 13.0 Å². The summed E-state index contributed by atoms with van der Waals surface area (Å²) in [5, 5.41) is 5.38. The summed E-state index contributed by atoms with van der Waals surface area (Å²) in [7, 11) is 0. The van der Waals surface area contributed by atoms with Crippen molar-refractivity contribution in [3.05, 3.63) is 16.1 Å². The monoisotopic (exact) mass is 282 g/mol. The van der Waals surface area contributed by atoms with E-state index in [2.05, 4.69) is 10.3 Å². The number of nitrogens with zero attached hydrogens (tertiary/aromatic N) is 2. The van der Waals surface area contributed by atoms with E-state index in [9.17, 15) is 9.59 Å². The van der Waals surface area contributed by atoms with Crippen molar-refractivity contribution in [2.45, 2.75) is 25.8 Å². The number of piperazine rings is 1. The molecule has 0 spiro atoms. The van der Waals surface area contributed by atoms with Crippen molar-refractivity contribution >= 4 is 23.2 Å². The number of hydrogen-bond acceptors (Lipinski definition) is 5. The average Bonchev–Trinajstić information content (AvgIpc) is 2.86. The van der Waals surface area contributed by atoms with Crippen LogP contribution in [0.5, 0.6) is 0 Å². The van der Waals surface area contributed by atoms with Crippen molar-refractivity contribution in [2.24, 2.45) is 5.73 Å². The van der Waals surface area contributed by atoms with Crippen LogP contribution in [0.2, 0.25) is 0 Å². The second kappa shape index (κ2) is 6.12. The van der Waals surface area contributed by atoms with Crippen LogP contribution in [0.3, 0.4) is 0 Å². The molecule has 1 aromatic heterocycles. The van der Waals surface area contributed by atoms with Gasteiger partial charge in [0.25, 0.3) is 5.91 Å². The molecule has 0 radical (unpaired) electrons. The first kappa shape index (κ1) is 14.0. The zero-order valence-corrected chi connectivity index (χ0v) is 11.7. The van der Waals surface area contributed by atoms with E-state index in [-0.39, 0.29) is 17.9 Å². The number of carbonyl (C=O) groups excluding carboxylic acids is 2. The van der Waals surface area contributed by atoms with Crippen molar-refractivity contribution in [3.8, 4) is 0 Å². The summed E-state index contributed by atoms with van der Waals surface area (Å²) in [6.45, 7) is 3.45. The highest BCUT2D eigenvalue weighted by Gasteiger charge is 2.32. The predicted octanol–water partition coefficient (Wildman–Crippen LogP) is -0.00510. The fourth-order valence-electron chi connectivity index (χ4n) is 2.16. The van der Waals surface area contributed by atoms with E-state index in [0.29, 0.717) is 38.2 Å². The lowest BCUT2D eigenvalue weighted by atomic mass is 10.1. The number of nitrogens with one attached hydrogen (secondary N) is 1. The zero-order valence-electron chi connectivity index (χ0n) is 10.9. The molecule has 1 aromatic rings. The third-order valence-corrected chi connectivity index (χ3v) is 4.02. The number of aromatic nitrogens is 1. The third-order valence-electron chi connectivity index (χ3n) is 3.11. The number of thiazole rings is 1.